The van der Waals surface area contributed by atoms with E-state index in [2.05, 4.69) is 41.1 Å². The first-order chi connectivity index (χ1) is 20.2. The molecule has 0 fully saturated rings. The van der Waals surface area contributed by atoms with Gasteiger partial charge in [-0.3, -0.25) is 0 Å². The van der Waals surface area contributed by atoms with Crippen LogP contribution in [0.1, 0.15) is 16.7 Å². The molecule has 6 rings (SSSR count). The van der Waals surface area contributed by atoms with Gasteiger partial charge < -0.3 is 18.5 Å². The summed E-state index contributed by atoms with van der Waals surface area (Å²) in [5.74, 6) is 2.28. The molecule has 0 spiro atoms. The van der Waals surface area contributed by atoms with E-state index in [0.717, 1.165) is 45.6 Å². The highest BCUT2D eigenvalue weighted by Gasteiger charge is 2.23. The molecule has 0 amide bonds. The normalized spacial score (nSPS) is 11.1. The van der Waals surface area contributed by atoms with Crippen molar-refractivity contribution in [2.45, 2.75) is 6.54 Å². The Kier molecular flexibility index (Phi) is 7.08. The third kappa shape index (κ3) is 5.09. The maximum atomic E-state index is 10.3. The fraction of sp³-hybridized carbons (Fsp3) is 0.0857. The van der Waals surface area contributed by atoms with E-state index < -0.39 is 0 Å². The van der Waals surface area contributed by atoms with Crippen LogP contribution in [0.5, 0.6) is 11.5 Å². The number of rotatable bonds is 8. The summed E-state index contributed by atoms with van der Waals surface area (Å²) in [7, 11) is 3.25. The molecular formula is C35H27N3O3. The summed E-state index contributed by atoms with van der Waals surface area (Å²) in [6.45, 7) is 0.739. The van der Waals surface area contributed by atoms with Gasteiger partial charge in [0.2, 0.25) is 5.88 Å². The number of nitriles is 1. The zero-order chi connectivity index (χ0) is 28.2. The molecule has 41 heavy (non-hydrogen) atoms. The maximum absolute atomic E-state index is 10.3. The van der Waals surface area contributed by atoms with Gasteiger partial charge in [-0.2, -0.15) is 5.26 Å². The molecule has 2 heterocycles. The van der Waals surface area contributed by atoms with Gasteiger partial charge in [0.25, 0.3) is 0 Å². The van der Waals surface area contributed by atoms with Gasteiger partial charge in [0.05, 0.1) is 14.2 Å². The predicted molar refractivity (Wildman–Crippen MR) is 162 cm³/mol. The van der Waals surface area contributed by atoms with Gasteiger partial charge >= 0.3 is 0 Å². The molecule has 200 valence electrons. The summed E-state index contributed by atoms with van der Waals surface area (Å²) >= 11 is 0. The number of ether oxygens (including phenoxy) is 2. The molecule has 0 radical (unpaired) electrons. The van der Waals surface area contributed by atoms with Crippen LogP contribution in [-0.2, 0) is 6.54 Å². The van der Waals surface area contributed by atoms with Crippen LogP contribution in [0.15, 0.2) is 119 Å². The summed E-state index contributed by atoms with van der Waals surface area (Å²) in [4.78, 5) is 4.74. The van der Waals surface area contributed by atoms with Crippen LogP contribution >= 0.6 is 0 Å². The van der Waals surface area contributed by atoms with Crippen LogP contribution in [0.3, 0.4) is 0 Å². The number of nitrogens with zero attached hydrogens (tertiary/aromatic N) is 3. The van der Waals surface area contributed by atoms with Crippen molar-refractivity contribution in [2.24, 2.45) is 4.99 Å². The summed E-state index contributed by atoms with van der Waals surface area (Å²) in [6, 6.07) is 36.1. The molecule has 0 saturated carbocycles. The molecule has 0 atom stereocenters. The molecule has 6 heteroatoms. The van der Waals surface area contributed by atoms with Crippen molar-refractivity contribution in [1.82, 2.24) is 4.57 Å². The SMILES string of the molecule is COc1ccc(-c2oc(/N=C/c3cn(Cc4ccccc4)c4ccccc34)c(C#N)c2-c2ccc(OC)cc2)cc1. The van der Waals surface area contributed by atoms with Gasteiger partial charge in [-0.25, -0.2) is 4.99 Å². The second kappa shape index (κ2) is 11.3. The Balaban J connectivity index is 1.45. The lowest BCUT2D eigenvalue weighted by Gasteiger charge is -2.06. The number of hydrogen-bond acceptors (Lipinski definition) is 5. The van der Waals surface area contributed by atoms with Gasteiger partial charge in [0, 0.05) is 46.5 Å². The summed E-state index contributed by atoms with van der Waals surface area (Å²) in [5, 5.41) is 11.4. The Hall–Kier alpha value is -5.54. The first-order valence-corrected chi connectivity index (χ1v) is 13.2. The average Bonchev–Trinajstić information content (AvgIpc) is 3.58. The van der Waals surface area contributed by atoms with Gasteiger partial charge in [-0.15, -0.1) is 0 Å². The molecule has 0 aliphatic carbocycles. The molecule has 0 saturated heterocycles. The number of aliphatic imine (C=N–C) groups is 1. The fourth-order valence-electron chi connectivity index (χ4n) is 5.01. The number of furan rings is 1. The molecule has 4 aromatic carbocycles. The number of methoxy groups -OCH3 is 2. The Morgan fingerprint density at radius 1 is 0.805 bits per heavy atom. The Labute approximate surface area is 238 Å². The minimum Gasteiger partial charge on any atom is -0.497 e. The summed E-state index contributed by atoms with van der Waals surface area (Å²) in [5.41, 5.74) is 5.95. The number of fused-ring (bicyclic) bond motifs is 1. The second-order valence-electron chi connectivity index (χ2n) is 9.53. The van der Waals surface area contributed by atoms with Crippen LogP contribution in [0.25, 0.3) is 33.4 Å². The van der Waals surface area contributed by atoms with Crippen molar-refractivity contribution in [3.8, 4) is 40.0 Å². The molecule has 0 aliphatic heterocycles. The number of benzene rings is 4. The van der Waals surface area contributed by atoms with Crippen molar-refractivity contribution in [3.63, 3.8) is 0 Å². The maximum Gasteiger partial charge on any atom is 0.238 e. The highest BCUT2D eigenvalue weighted by Crippen LogP contribution is 2.43. The number of hydrogen-bond donors (Lipinski definition) is 0. The zero-order valence-corrected chi connectivity index (χ0v) is 22.7. The lowest BCUT2D eigenvalue weighted by atomic mass is 9.98. The third-order valence-corrected chi connectivity index (χ3v) is 7.07. The van der Waals surface area contributed by atoms with E-state index in [-0.39, 0.29) is 5.88 Å². The topological polar surface area (TPSA) is 72.7 Å². The van der Waals surface area contributed by atoms with Crippen molar-refractivity contribution in [3.05, 3.63) is 126 Å². The lowest BCUT2D eigenvalue weighted by molar-refractivity contribution is 0.414. The van der Waals surface area contributed by atoms with Gasteiger partial charge in [-0.05, 0) is 53.6 Å². The van der Waals surface area contributed by atoms with Gasteiger partial charge in [0.1, 0.15) is 28.9 Å². The monoisotopic (exact) mass is 537 g/mol. The first-order valence-electron chi connectivity index (χ1n) is 13.2. The van der Waals surface area contributed by atoms with E-state index in [4.69, 9.17) is 18.9 Å². The van der Waals surface area contributed by atoms with E-state index in [0.29, 0.717) is 16.9 Å². The van der Waals surface area contributed by atoms with Crippen LogP contribution < -0.4 is 9.47 Å². The molecule has 6 aromatic rings. The minimum atomic E-state index is 0.254. The lowest BCUT2D eigenvalue weighted by Crippen LogP contribution is -1.97. The highest BCUT2D eigenvalue weighted by molar-refractivity contribution is 6.00. The van der Waals surface area contributed by atoms with E-state index in [9.17, 15) is 5.26 Å². The summed E-state index contributed by atoms with van der Waals surface area (Å²) in [6.07, 6.45) is 3.87. The smallest absolute Gasteiger partial charge is 0.238 e. The quantitative estimate of drug-likeness (QED) is 0.183. The Morgan fingerprint density at radius 2 is 1.44 bits per heavy atom. The van der Waals surface area contributed by atoms with Crippen molar-refractivity contribution in [2.75, 3.05) is 14.2 Å². The minimum absolute atomic E-state index is 0.254. The van der Waals surface area contributed by atoms with Crippen molar-refractivity contribution < 1.29 is 13.9 Å². The highest BCUT2D eigenvalue weighted by atomic mass is 16.5. The van der Waals surface area contributed by atoms with E-state index in [1.807, 2.05) is 78.9 Å². The zero-order valence-electron chi connectivity index (χ0n) is 22.7. The molecule has 0 aliphatic rings. The van der Waals surface area contributed by atoms with Gasteiger partial charge in [0.15, 0.2) is 0 Å². The molecular weight excluding hydrogens is 510 g/mol. The largest absolute Gasteiger partial charge is 0.497 e. The predicted octanol–water partition coefficient (Wildman–Crippen LogP) is 8.26. The fourth-order valence-corrected chi connectivity index (χ4v) is 5.01. The average molecular weight is 538 g/mol. The molecule has 0 N–H and O–H groups in total. The van der Waals surface area contributed by atoms with Crippen LogP contribution in [0.2, 0.25) is 0 Å². The summed E-state index contributed by atoms with van der Waals surface area (Å²) < 4.78 is 19.2. The van der Waals surface area contributed by atoms with Crippen LogP contribution in [0, 0.1) is 11.3 Å². The van der Waals surface area contributed by atoms with Crippen LogP contribution in [-0.4, -0.2) is 25.0 Å². The van der Waals surface area contributed by atoms with E-state index in [1.165, 1.54) is 5.56 Å². The van der Waals surface area contributed by atoms with Crippen molar-refractivity contribution in [1.29, 1.82) is 5.26 Å². The van der Waals surface area contributed by atoms with E-state index >= 15 is 0 Å². The first kappa shape index (κ1) is 25.7. The molecule has 0 unspecified atom stereocenters. The number of aromatic nitrogens is 1. The standard InChI is InChI=1S/C35H27N3O3/c1-39-28-16-12-25(13-17-28)33-31(20-36)35(41-34(33)26-14-18-29(40-2)19-15-26)37-21-27-23-38(22-24-8-4-3-5-9-24)32-11-7-6-10-30(27)32/h3-19,21,23H,22H2,1-2H3/b37-21+. The second-order valence-corrected chi connectivity index (χ2v) is 9.53. The third-order valence-electron chi connectivity index (χ3n) is 7.07. The Morgan fingerprint density at radius 3 is 2.10 bits per heavy atom. The Bertz CT molecular complexity index is 1870. The van der Waals surface area contributed by atoms with Crippen LogP contribution in [0.4, 0.5) is 5.88 Å². The molecule has 0 bridgehead atoms. The van der Waals surface area contributed by atoms with Gasteiger partial charge in [-0.1, -0.05) is 60.7 Å². The molecule has 6 nitrogen and oxygen atoms in total. The van der Waals surface area contributed by atoms with Crippen molar-refractivity contribution >= 4 is 23.0 Å². The molecule has 2 aromatic heterocycles. The van der Waals surface area contributed by atoms with E-state index in [1.54, 1.807) is 20.4 Å². The number of para-hydroxylation sites is 1.